The molecule has 0 unspecified atom stereocenters. The van der Waals surface area contributed by atoms with Gasteiger partial charge < -0.3 is 10.2 Å². The third-order valence-electron chi connectivity index (χ3n) is 3.71. The van der Waals surface area contributed by atoms with Gasteiger partial charge in [0, 0.05) is 25.2 Å². The molecular weight excluding hydrogens is 172 g/mol. The zero-order valence-corrected chi connectivity index (χ0v) is 9.63. The summed E-state index contributed by atoms with van der Waals surface area (Å²) in [6.07, 6.45) is 5.92. The van der Waals surface area contributed by atoms with E-state index in [0.717, 1.165) is 5.92 Å². The van der Waals surface area contributed by atoms with Crippen LogP contribution >= 0.6 is 0 Å². The average Bonchev–Trinajstić information content (AvgIpc) is 1.99. The number of hydrogen-bond acceptors (Lipinski definition) is 2. The number of nitrogens with one attached hydrogen (secondary N) is 1. The van der Waals surface area contributed by atoms with Crippen molar-refractivity contribution in [2.75, 3.05) is 19.6 Å². The van der Waals surface area contributed by atoms with Crippen LogP contribution in [0.25, 0.3) is 0 Å². The molecule has 2 atom stereocenters. The Kier molecular flexibility index (Phi) is 3.45. The first-order valence-corrected chi connectivity index (χ1v) is 6.22. The highest BCUT2D eigenvalue weighted by Crippen LogP contribution is 2.29. The van der Waals surface area contributed by atoms with Crippen LogP contribution in [-0.2, 0) is 0 Å². The molecule has 1 aliphatic carbocycles. The summed E-state index contributed by atoms with van der Waals surface area (Å²) in [7, 11) is 0. The predicted octanol–water partition coefficient (Wildman–Crippen LogP) is 1.86. The van der Waals surface area contributed by atoms with Crippen LogP contribution in [-0.4, -0.2) is 36.6 Å². The summed E-state index contributed by atoms with van der Waals surface area (Å²) in [6.45, 7) is 8.42. The number of rotatable bonds is 3. The fraction of sp³-hybridized carbons (Fsp3) is 1.00. The minimum absolute atomic E-state index is 0.681. The Bertz CT molecular complexity index is 167. The van der Waals surface area contributed by atoms with Crippen molar-refractivity contribution in [3.05, 3.63) is 0 Å². The van der Waals surface area contributed by atoms with Crippen LogP contribution in [0.15, 0.2) is 0 Å². The van der Waals surface area contributed by atoms with Gasteiger partial charge in [-0.3, -0.25) is 0 Å². The fourth-order valence-corrected chi connectivity index (χ4v) is 2.77. The van der Waals surface area contributed by atoms with Crippen molar-refractivity contribution < 1.29 is 0 Å². The van der Waals surface area contributed by atoms with Crippen LogP contribution in [0.5, 0.6) is 0 Å². The lowest BCUT2D eigenvalue weighted by Crippen LogP contribution is -2.54. The van der Waals surface area contributed by atoms with Crippen LogP contribution in [0.3, 0.4) is 0 Å². The van der Waals surface area contributed by atoms with Gasteiger partial charge in [-0.1, -0.05) is 19.3 Å². The van der Waals surface area contributed by atoms with Crippen LogP contribution in [0.2, 0.25) is 0 Å². The van der Waals surface area contributed by atoms with E-state index in [1.54, 1.807) is 0 Å². The normalized spacial score (nSPS) is 35.6. The maximum atomic E-state index is 3.58. The lowest BCUT2D eigenvalue weighted by atomic mass is 9.83. The molecule has 2 fully saturated rings. The van der Waals surface area contributed by atoms with Crippen LogP contribution in [0.1, 0.15) is 39.5 Å². The Morgan fingerprint density at radius 2 is 1.79 bits per heavy atom. The Morgan fingerprint density at radius 1 is 1.14 bits per heavy atom. The predicted molar refractivity (Wildman–Crippen MR) is 60.5 cm³/mol. The van der Waals surface area contributed by atoms with E-state index in [-0.39, 0.29) is 0 Å². The molecule has 2 heteroatoms. The molecule has 0 aromatic carbocycles. The summed E-state index contributed by atoms with van der Waals surface area (Å²) in [5, 5.41) is 3.58. The molecular formula is C12H24N2. The van der Waals surface area contributed by atoms with Crippen molar-refractivity contribution in [3.8, 4) is 0 Å². The molecule has 0 aromatic heterocycles. The topological polar surface area (TPSA) is 15.3 Å². The van der Waals surface area contributed by atoms with Crippen molar-refractivity contribution >= 4 is 0 Å². The Labute approximate surface area is 88.1 Å². The number of hydrogen-bond donors (Lipinski definition) is 1. The van der Waals surface area contributed by atoms with Crippen LogP contribution in [0, 0.1) is 5.92 Å². The van der Waals surface area contributed by atoms with E-state index in [9.17, 15) is 0 Å². The third kappa shape index (κ3) is 2.71. The Balaban J connectivity index is 1.68. The minimum atomic E-state index is 0.681. The van der Waals surface area contributed by atoms with Gasteiger partial charge in [0.15, 0.2) is 0 Å². The van der Waals surface area contributed by atoms with E-state index in [2.05, 4.69) is 24.1 Å². The van der Waals surface area contributed by atoms with E-state index < -0.39 is 0 Å². The first-order chi connectivity index (χ1) is 6.74. The molecule has 2 nitrogen and oxygen atoms in total. The van der Waals surface area contributed by atoms with Crippen molar-refractivity contribution in [1.29, 1.82) is 0 Å². The van der Waals surface area contributed by atoms with Gasteiger partial charge in [0.05, 0.1) is 0 Å². The van der Waals surface area contributed by atoms with E-state index in [1.165, 1.54) is 45.3 Å². The molecule has 1 saturated heterocycles. The van der Waals surface area contributed by atoms with Gasteiger partial charge in [-0.15, -0.1) is 0 Å². The first kappa shape index (κ1) is 10.4. The van der Waals surface area contributed by atoms with Gasteiger partial charge in [-0.05, 0) is 32.7 Å². The zero-order chi connectivity index (χ0) is 9.97. The molecule has 0 amide bonds. The van der Waals surface area contributed by atoms with Crippen LogP contribution < -0.4 is 5.32 Å². The standard InChI is InChI=1S/C12H24N2/c1-10-8-14(9-11(2)13-10)7-6-12-4-3-5-12/h10-13H,3-9H2,1-2H3/t10-,11+. The van der Waals surface area contributed by atoms with E-state index in [1.807, 2.05) is 0 Å². The Hall–Kier alpha value is -0.0800. The summed E-state index contributed by atoms with van der Waals surface area (Å²) in [4.78, 5) is 2.64. The van der Waals surface area contributed by atoms with Gasteiger partial charge in [0.2, 0.25) is 0 Å². The van der Waals surface area contributed by atoms with E-state index in [0.29, 0.717) is 12.1 Å². The molecule has 1 heterocycles. The summed E-state index contributed by atoms with van der Waals surface area (Å²) < 4.78 is 0. The zero-order valence-electron chi connectivity index (χ0n) is 9.63. The average molecular weight is 196 g/mol. The molecule has 2 aliphatic rings. The molecule has 0 bridgehead atoms. The second kappa shape index (κ2) is 4.63. The quantitative estimate of drug-likeness (QED) is 0.741. The van der Waals surface area contributed by atoms with Gasteiger partial charge in [-0.25, -0.2) is 0 Å². The van der Waals surface area contributed by atoms with E-state index in [4.69, 9.17) is 0 Å². The van der Waals surface area contributed by atoms with Crippen LogP contribution in [0.4, 0.5) is 0 Å². The van der Waals surface area contributed by atoms with Gasteiger partial charge in [-0.2, -0.15) is 0 Å². The summed E-state index contributed by atoms with van der Waals surface area (Å²) >= 11 is 0. The SMILES string of the molecule is C[C@@H]1CN(CCC2CCC2)C[C@H](C)N1. The van der Waals surface area contributed by atoms with Crippen molar-refractivity contribution in [2.24, 2.45) is 5.92 Å². The summed E-state index contributed by atoms with van der Waals surface area (Å²) in [5.74, 6) is 1.07. The lowest BCUT2D eigenvalue weighted by molar-refractivity contribution is 0.151. The molecule has 1 saturated carbocycles. The second-order valence-corrected chi connectivity index (χ2v) is 5.31. The highest BCUT2D eigenvalue weighted by molar-refractivity contribution is 4.81. The van der Waals surface area contributed by atoms with Crippen molar-refractivity contribution in [1.82, 2.24) is 10.2 Å². The van der Waals surface area contributed by atoms with Gasteiger partial charge in [0.25, 0.3) is 0 Å². The summed E-state index contributed by atoms with van der Waals surface area (Å²) in [6, 6.07) is 1.36. The molecule has 0 aromatic rings. The Morgan fingerprint density at radius 3 is 2.29 bits per heavy atom. The maximum Gasteiger partial charge on any atom is 0.0169 e. The molecule has 14 heavy (non-hydrogen) atoms. The largest absolute Gasteiger partial charge is 0.309 e. The molecule has 0 radical (unpaired) electrons. The van der Waals surface area contributed by atoms with E-state index >= 15 is 0 Å². The molecule has 2 rings (SSSR count). The minimum Gasteiger partial charge on any atom is -0.309 e. The smallest absolute Gasteiger partial charge is 0.0169 e. The number of piperazine rings is 1. The molecule has 1 N–H and O–H groups in total. The van der Waals surface area contributed by atoms with Crippen molar-refractivity contribution in [2.45, 2.75) is 51.6 Å². The van der Waals surface area contributed by atoms with Crippen molar-refractivity contribution in [3.63, 3.8) is 0 Å². The fourth-order valence-electron chi connectivity index (χ4n) is 2.77. The second-order valence-electron chi connectivity index (χ2n) is 5.31. The summed E-state index contributed by atoms with van der Waals surface area (Å²) in [5.41, 5.74) is 0. The monoisotopic (exact) mass is 196 g/mol. The first-order valence-electron chi connectivity index (χ1n) is 6.22. The van der Waals surface area contributed by atoms with Gasteiger partial charge >= 0.3 is 0 Å². The highest BCUT2D eigenvalue weighted by Gasteiger charge is 2.23. The number of nitrogens with zero attached hydrogens (tertiary/aromatic N) is 1. The maximum absolute atomic E-state index is 3.58. The van der Waals surface area contributed by atoms with Gasteiger partial charge in [0.1, 0.15) is 0 Å². The molecule has 1 aliphatic heterocycles. The third-order valence-corrected chi connectivity index (χ3v) is 3.71. The highest BCUT2D eigenvalue weighted by atomic mass is 15.2. The lowest BCUT2D eigenvalue weighted by Gasteiger charge is -2.37. The molecule has 0 spiro atoms. The molecule has 82 valence electrons.